The van der Waals surface area contributed by atoms with E-state index in [1.54, 1.807) is 7.11 Å². The second-order valence-corrected chi connectivity index (χ2v) is 8.30. The number of morpholine rings is 1. The summed E-state index contributed by atoms with van der Waals surface area (Å²) in [6.45, 7) is 7.37. The number of ether oxygens (including phenoxy) is 2. The number of amides is 2. The summed E-state index contributed by atoms with van der Waals surface area (Å²) >= 11 is 0. The van der Waals surface area contributed by atoms with Crippen molar-refractivity contribution in [3.8, 4) is 5.75 Å². The first-order chi connectivity index (χ1) is 14.9. The Balaban J connectivity index is 1.73. The Morgan fingerprint density at radius 3 is 2.13 bits per heavy atom. The van der Waals surface area contributed by atoms with E-state index in [1.165, 1.54) is 4.90 Å². The number of rotatable bonds is 5. The third-order valence-corrected chi connectivity index (χ3v) is 5.72. The first-order valence-electron chi connectivity index (χ1n) is 10.6. The fraction of sp³-hybridized carbons (Fsp3) is 0.360. The van der Waals surface area contributed by atoms with E-state index in [4.69, 9.17) is 9.47 Å². The highest BCUT2D eigenvalue weighted by Gasteiger charge is 2.43. The normalized spacial score (nSPS) is 21.8. The van der Waals surface area contributed by atoms with Crippen LogP contribution in [-0.2, 0) is 20.9 Å². The van der Waals surface area contributed by atoms with E-state index in [9.17, 15) is 9.59 Å². The van der Waals surface area contributed by atoms with Gasteiger partial charge >= 0.3 is 0 Å². The lowest BCUT2D eigenvalue weighted by molar-refractivity contribution is -0.139. The van der Waals surface area contributed by atoms with E-state index >= 15 is 0 Å². The van der Waals surface area contributed by atoms with Crippen molar-refractivity contribution in [2.75, 3.05) is 20.2 Å². The van der Waals surface area contributed by atoms with E-state index < -0.39 is 0 Å². The lowest BCUT2D eigenvalue weighted by atomic mass is 10.0. The summed E-state index contributed by atoms with van der Waals surface area (Å²) < 4.78 is 11.1. The van der Waals surface area contributed by atoms with Gasteiger partial charge in [-0.15, -0.1) is 0 Å². The van der Waals surface area contributed by atoms with Crippen LogP contribution >= 0.6 is 0 Å². The Kier molecular flexibility index (Phi) is 5.83. The third-order valence-electron chi connectivity index (χ3n) is 5.72. The Morgan fingerprint density at radius 1 is 0.935 bits per heavy atom. The van der Waals surface area contributed by atoms with Crippen molar-refractivity contribution < 1.29 is 19.1 Å². The van der Waals surface area contributed by atoms with Crippen LogP contribution < -0.4 is 4.74 Å². The molecule has 2 unspecified atom stereocenters. The van der Waals surface area contributed by atoms with Gasteiger partial charge in [0.15, 0.2) is 0 Å². The van der Waals surface area contributed by atoms with Crippen molar-refractivity contribution in [1.29, 1.82) is 0 Å². The van der Waals surface area contributed by atoms with Gasteiger partial charge in [-0.2, -0.15) is 0 Å². The largest absolute Gasteiger partial charge is 0.497 e. The summed E-state index contributed by atoms with van der Waals surface area (Å²) in [4.78, 5) is 30.4. The number of imide groups is 1. The summed E-state index contributed by atoms with van der Waals surface area (Å²) in [5, 5.41) is 0. The number of aryl methyl sites for hydroxylation is 1. The van der Waals surface area contributed by atoms with Crippen LogP contribution in [0.1, 0.15) is 30.5 Å². The number of hydrogen-bond donors (Lipinski definition) is 0. The average Bonchev–Trinajstić information content (AvgIpc) is 2.99. The number of hydrogen-bond acceptors (Lipinski definition) is 5. The molecule has 0 radical (unpaired) electrons. The van der Waals surface area contributed by atoms with Gasteiger partial charge in [-0.1, -0.05) is 42.0 Å². The first kappa shape index (κ1) is 21.1. The van der Waals surface area contributed by atoms with E-state index in [0.717, 1.165) is 11.1 Å². The molecule has 4 rings (SSSR count). The Hall–Kier alpha value is -3.12. The number of carbonyl (C=O) groups excluding carboxylic acids is 2. The van der Waals surface area contributed by atoms with Crippen molar-refractivity contribution in [2.24, 2.45) is 0 Å². The van der Waals surface area contributed by atoms with Gasteiger partial charge in [0.05, 0.1) is 31.4 Å². The monoisotopic (exact) mass is 420 g/mol. The minimum Gasteiger partial charge on any atom is -0.497 e. The maximum atomic E-state index is 13.5. The van der Waals surface area contributed by atoms with E-state index in [0.29, 0.717) is 35.7 Å². The van der Waals surface area contributed by atoms with Gasteiger partial charge in [-0.25, -0.2) is 0 Å². The molecule has 6 nitrogen and oxygen atoms in total. The first-order valence-corrected chi connectivity index (χ1v) is 10.6. The van der Waals surface area contributed by atoms with Crippen molar-refractivity contribution in [2.45, 2.75) is 39.5 Å². The second kappa shape index (κ2) is 8.55. The molecule has 1 fully saturated rings. The van der Waals surface area contributed by atoms with Crippen LogP contribution in [0.2, 0.25) is 0 Å². The minimum atomic E-state index is -0.266. The number of carbonyl (C=O) groups is 2. The van der Waals surface area contributed by atoms with E-state index in [2.05, 4.69) is 0 Å². The van der Waals surface area contributed by atoms with Crippen LogP contribution in [0.5, 0.6) is 5.75 Å². The van der Waals surface area contributed by atoms with Crippen molar-refractivity contribution in [1.82, 2.24) is 9.80 Å². The van der Waals surface area contributed by atoms with Crippen molar-refractivity contribution in [3.05, 3.63) is 70.9 Å². The Labute approximate surface area is 183 Å². The lowest BCUT2D eigenvalue weighted by Gasteiger charge is -2.37. The van der Waals surface area contributed by atoms with Gasteiger partial charge in [0.2, 0.25) is 0 Å². The lowest BCUT2D eigenvalue weighted by Crippen LogP contribution is -2.46. The zero-order valence-electron chi connectivity index (χ0n) is 18.4. The summed E-state index contributed by atoms with van der Waals surface area (Å²) in [5.41, 5.74) is 3.68. The van der Waals surface area contributed by atoms with Gasteiger partial charge in [-0.3, -0.25) is 14.5 Å². The summed E-state index contributed by atoms with van der Waals surface area (Å²) in [5.74, 6) is 0.183. The molecule has 0 aromatic heterocycles. The predicted molar refractivity (Wildman–Crippen MR) is 118 cm³/mol. The minimum absolute atomic E-state index is 0.0255. The molecule has 2 aliphatic heterocycles. The smallest absolute Gasteiger partial charge is 0.278 e. The molecule has 0 saturated carbocycles. The highest BCUT2D eigenvalue weighted by molar-refractivity contribution is 6.35. The van der Waals surface area contributed by atoms with E-state index in [1.807, 2.05) is 74.2 Å². The number of benzene rings is 2. The molecule has 0 aliphatic carbocycles. The number of methoxy groups -OCH3 is 1. The van der Waals surface area contributed by atoms with Crippen LogP contribution in [0.4, 0.5) is 0 Å². The molecule has 0 spiro atoms. The quantitative estimate of drug-likeness (QED) is 0.694. The molecule has 0 bridgehead atoms. The molecule has 31 heavy (non-hydrogen) atoms. The van der Waals surface area contributed by atoms with Gasteiger partial charge in [0.25, 0.3) is 11.8 Å². The maximum Gasteiger partial charge on any atom is 0.278 e. The Bertz CT molecular complexity index is 1000. The molecule has 2 amide bonds. The molecule has 1 saturated heterocycles. The second-order valence-electron chi connectivity index (χ2n) is 8.30. The molecule has 6 heteroatoms. The van der Waals surface area contributed by atoms with Crippen LogP contribution in [-0.4, -0.2) is 54.0 Å². The average molecular weight is 421 g/mol. The topological polar surface area (TPSA) is 59.1 Å². The maximum absolute atomic E-state index is 13.5. The van der Waals surface area contributed by atoms with Gasteiger partial charge in [0.1, 0.15) is 11.4 Å². The van der Waals surface area contributed by atoms with E-state index in [-0.39, 0.29) is 30.6 Å². The highest BCUT2D eigenvalue weighted by atomic mass is 16.5. The Morgan fingerprint density at radius 2 is 1.55 bits per heavy atom. The molecule has 2 atom stereocenters. The van der Waals surface area contributed by atoms with Crippen LogP contribution in [0, 0.1) is 6.92 Å². The molecule has 162 valence electrons. The molecular formula is C25H28N2O4. The molecule has 2 heterocycles. The summed E-state index contributed by atoms with van der Waals surface area (Å²) in [7, 11) is 1.60. The molecule has 2 aromatic rings. The van der Waals surface area contributed by atoms with Gasteiger partial charge < -0.3 is 14.4 Å². The number of nitrogens with zero attached hydrogens (tertiary/aromatic N) is 2. The predicted octanol–water partition coefficient (Wildman–Crippen LogP) is 3.39. The SMILES string of the molecule is COc1ccc(C2=C(N3CC(C)OC(C)C3)C(=O)N(Cc3ccc(C)cc3)C2=O)cc1. The third kappa shape index (κ3) is 4.21. The fourth-order valence-electron chi connectivity index (χ4n) is 4.25. The zero-order chi connectivity index (χ0) is 22.1. The van der Waals surface area contributed by atoms with Crippen LogP contribution in [0.15, 0.2) is 54.2 Å². The highest BCUT2D eigenvalue weighted by Crippen LogP contribution is 2.34. The molecular weight excluding hydrogens is 392 g/mol. The standard InChI is InChI=1S/C25H28N2O4/c1-16-5-7-19(8-6-16)15-27-24(28)22(20-9-11-21(30-4)12-10-20)23(25(27)29)26-13-17(2)31-18(3)14-26/h5-12,17-18H,13-15H2,1-4H3. The van der Waals surface area contributed by atoms with Gasteiger partial charge in [0, 0.05) is 13.1 Å². The van der Waals surface area contributed by atoms with Crippen LogP contribution in [0.3, 0.4) is 0 Å². The van der Waals surface area contributed by atoms with Crippen molar-refractivity contribution in [3.63, 3.8) is 0 Å². The van der Waals surface area contributed by atoms with Crippen molar-refractivity contribution >= 4 is 17.4 Å². The molecule has 0 N–H and O–H groups in total. The summed E-state index contributed by atoms with van der Waals surface area (Å²) in [6, 6.07) is 15.2. The zero-order valence-corrected chi connectivity index (χ0v) is 18.4. The van der Waals surface area contributed by atoms with Crippen LogP contribution in [0.25, 0.3) is 5.57 Å². The summed E-state index contributed by atoms with van der Waals surface area (Å²) in [6.07, 6.45) is -0.0511. The van der Waals surface area contributed by atoms with Gasteiger partial charge in [-0.05, 0) is 44.0 Å². The molecule has 2 aromatic carbocycles. The fourth-order valence-corrected chi connectivity index (χ4v) is 4.25. The molecule has 2 aliphatic rings.